The van der Waals surface area contributed by atoms with Crippen LogP contribution in [-0.2, 0) is 0 Å². The molecule has 5 nitrogen and oxygen atoms in total. The Morgan fingerprint density at radius 2 is 1.88 bits per heavy atom. The van der Waals surface area contributed by atoms with Gasteiger partial charge in [0.05, 0.1) is 0 Å². The molecular formula is C20H24N4O. The molecule has 1 aliphatic carbocycles. The lowest BCUT2D eigenvalue weighted by Crippen LogP contribution is -2.35. The molecule has 25 heavy (non-hydrogen) atoms. The molecule has 2 aliphatic rings. The van der Waals surface area contributed by atoms with Crippen LogP contribution in [0.15, 0.2) is 42.5 Å². The van der Waals surface area contributed by atoms with Crippen LogP contribution in [0.5, 0.6) is 0 Å². The van der Waals surface area contributed by atoms with Crippen molar-refractivity contribution in [1.82, 2.24) is 10.2 Å². The average molecular weight is 336 g/mol. The number of hydrogen-bond acceptors (Lipinski definition) is 4. The number of fused-ring (bicyclic) bond motifs is 1. The summed E-state index contributed by atoms with van der Waals surface area (Å²) in [6.45, 7) is 3.39. The van der Waals surface area contributed by atoms with E-state index in [2.05, 4.69) is 27.3 Å². The minimum absolute atomic E-state index is 0.226. The molecule has 0 spiro atoms. The van der Waals surface area contributed by atoms with E-state index < -0.39 is 0 Å². The minimum Gasteiger partial charge on any atom is -0.352 e. The summed E-state index contributed by atoms with van der Waals surface area (Å²) in [6, 6.07) is 13.7. The van der Waals surface area contributed by atoms with Crippen LogP contribution in [-0.4, -0.2) is 28.7 Å². The Labute approximate surface area is 148 Å². The summed E-state index contributed by atoms with van der Waals surface area (Å²) < 4.78 is 0. The molecule has 1 N–H and O–H groups in total. The van der Waals surface area contributed by atoms with Gasteiger partial charge in [-0.25, -0.2) is 0 Å². The normalized spacial score (nSPS) is 25.5. The molecule has 1 saturated carbocycles. The number of nitrogens with zero attached hydrogens (tertiary/aromatic N) is 3. The van der Waals surface area contributed by atoms with E-state index in [1.165, 1.54) is 25.7 Å². The maximum absolute atomic E-state index is 12.3. The summed E-state index contributed by atoms with van der Waals surface area (Å²) in [5, 5.41) is 11.4. The number of benzene rings is 1. The molecule has 5 heteroatoms. The Bertz CT molecular complexity index is 731. The van der Waals surface area contributed by atoms with Gasteiger partial charge in [-0.3, -0.25) is 4.79 Å². The summed E-state index contributed by atoms with van der Waals surface area (Å²) in [6.07, 6.45) is 5.22. The highest BCUT2D eigenvalue weighted by Gasteiger charge is 2.41. The number of carbonyl (C=O) groups is 1. The van der Waals surface area contributed by atoms with Crippen molar-refractivity contribution in [3.8, 4) is 0 Å². The molecule has 1 amide bonds. The lowest BCUT2D eigenvalue weighted by molar-refractivity contribution is 0.102. The topological polar surface area (TPSA) is 58.1 Å². The van der Waals surface area contributed by atoms with Crippen molar-refractivity contribution in [2.75, 3.05) is 16.8 Å². The predicted molar refractivity (Wildman–Crippen MR) is 98.7 cm³/mol. The second-order valence-corrected chi connectivity index (χ2v) is 7.24. The van der Waals surface area contributed by atoms with Crippen LogP contribution in [0.4, 0.5) is 11.5 Å². The molecule has 4 rings (SSSR count). The van der Waals surface area contributed by atoms with Crippen molar-refractivity contribution in [1.29, 1.82) is 0 Å². The van der Waals surface area contributed by atoms with Crippen LogP contribution in [0.2, 0.25) is 0 Å². The Balaban J connectivity index is 1.47. The molecule has 1 aromatic carbocycles. The van der Waals surface area contributed by atoms with Crippen molar-refractivity contribution >= 4 is 17.4 Å². The summed E-state index contributed by atoms with van der Waals surface area (Å²) in [5.41, 5.74) is 1.11. The Morgan fingerprint density at radius 1 is 1.08 bits per heavy atom. The van der Waals surface area contributed by atoms with E-state index in [4.69, 9.17) is 0 Å². The van der Waals surface area contributed by atoms with Crippen LogP contribution < -0.4 is 10.2 Å². The lowest BCUT2D eigenvalue weighted by atomic mass is 9.80. The van der Waals surface area contributed by atoms with Crippen molar-refractivity contribution in [3.05, 3.63) is 48.2 Å². The Morgan fingerprint density at radius 3 is 2.64 bits per heavy atom. The largest absolute Gasteiger partial charge is 0.352 e. The van der Waals surface area contributed by atoms with Gasteiger partial charge >= 0.3 is 0 Å². The first-order valence-corrected chi connectivity index (χ1v) is 9.19. The average Bonchev–Trinajstić information content (AvgIpc) is 3.00. The number of rotatable bonds is 3. The van der Waals surface area contributed by atoms with Crippen molar-refractivity contribution in [3.63, 3.8) is 0 Å². The molecule has 0 bridgehead atoms. The molecule has 1 saturated heterocycles. The summed E-state index contributed by atoms with van der Waals surface area (Å²) in [4.78, 5) is 14.7. The molecule has 3 atom stereocenters. The van der Waals surface area contributed by atoms with Gasteiger partial charge in [0.15, 0.2) is 11.5 Å². The van der Waals surface area contributed by atoms with E-state index in [9.17, 15) is 4.79 Å². The summed E-state index contributed by atoms with van der Waals surface area (Å²) in [7, 11) is 0. The number of amides is 1. The van der Waals surface area contributed by atoms with Gasteiger partial charge in [0.1, 0.15) is 0 Å². The molecule has 0 radical (unpaired) electrons. The zero-order chi connectivity index (χ0) is 17.2. The van der Waals surface area contributed by atoms with Gasteiger partial charge in [0, 0.05) is 18.3 Å². The quantitative estimate of drug-likeness (QED) is 0.927. The molecule has 2 aromatic rings. The van der Waals surface area contributed by atoms with Gasteiger partial charge in [-0.05, 0) is 48.9 Å². The van der Waals surface area contributed by atoms with Crippen LogP contribution >= 0.6 is 0 Å². The monoisotopic (exact) mass is 336 g/mol. The van der Waals surface area contributed by atoms with Crippen LogP contribution in [0, 0.1) is 11.8 Å². The predicted octanol–water partition coefficient (Wildman–Crippen LogP) is 3.74. The fraction of sp³-hybridized carbons (Fsp3) is 0.450. The fourth-order valence-corrected chi connectivity index (χ4v) is 4.35. The van der Waals surface area contributed by atoms with E-state index in [0.29, 0.717) is 17.7 Å². The van der Waals surface area contributed by atoms with Gasteiger partial charge < -0.3 is 10.2 Å². The molecule has 130 valence electrons. The maximum Gasteiger partial charge on any atom is 0.276 e. The molecule has 1 aromatic heterocycles. The van der Waals surface area contributed by atoms with Crippen molar-refractivity contribution < 1.29 is 4.79 Å². The highest BCUT2D eigenvalue weighted by atomic mass is 16.1. The number of hydrogen-bond donors (Lipinski definition) is 1. The molecular weight excluding hydrogens is 312 g/mol. The smallest absolute Gasteiger partial charge is 0.276 e. The first-order valence-electron chi connectivity index (χ1n) is 9.19. The van der Waals surface area contributed by atoms with Gasteiger partial charge in [-0.1, -0.05) is 38.0 Å². The number of nitrogens with one attached hydrogen (secondary N) is 1. The first-order chi connectivity index (χ1) is 12.2. The Kier molecular flexibility index (Phi) is 4.38. The number of para-hydroxylation sites is 1. The van der Waals surface area contributed by atoms with E-state index in [0.717, 1.165) is 24.0 Å². The van der Waals surface area contributed by atoms with Crippen molar-refractivity contribution in [2.24, 2.45) is 11.8 Å². The number of carbonyl (C=O) groups excluding carboxylic acids is 1. The Hall–Kier alpha value is -2.43. The third-order valence-electron chi connectivity index (χ3n) is 5.61. The SMILES string of the molecule is CC1CN(c2ccc(C(=O)Nc3ccccc3)nn2)C2CCCCC12. The number of anilines is 2. The van der Waals surface area contributed by atoms with E-state index in [-0.39, 0.29) is 5.91 Å². The molecule has 3 unspecified atom stereocenters. The number of aromatic nitrogens is 2. The second kappa shape index (κ2) is 6.82. The highest BCUT2D eigenvalue weighted by molar-refractivity contribution is 6.02. The van der Waals surface area contributed by atoms with E-state index in [1.54, 1.807) is 6.07 Å². The van der Waals surface area contributed by atoms with Gasteiger partial charge in [0.25, 0.3) is 5.91 Å². The van der Waals surface area contributed by atoms with Crippen LogP contribution in [0.25, 0.3) is 0 Å². The van der Waals surface area contributed by atoms with Crippen LogP contribution in [0.1, 0.15) is 43.1 Å². The van der Waals surface area contributed by atoms with Crippen LogP contribution in [0.3, 0.4) is 0 Å². The second-order valence-electron chi connectivity index (χ2n) is 7.24. The van der Waals surface area contributed by atoms with Crippen molar-refractivity contribution in [2.45, 2.75) is 38.6 Å². The third-order valence-corrected chi connectivity index (χ3v) is 5.61. The standard InChI is InChI=1S/C20H24N4O/c1-14-13-24(18-10-6-5-9-16(14)18)19-12-11-17(22-23-19)20(25)21-15-7-3-2-4-8-15/h2-4,7-8,11-12,14,16,18H,5-6,9-10,13H2,1H3,(H,21,25). The molecule has 2 heterocycles. The van der Waals surface area contributed by atoms with E-state index in [1.807, 2.05) is 36.4 Å². The summed E-state index contributed by atoms with van der Waals surface area (Å²) in [5.74, 6) is 2.15. The zero-order valence-corrected chi connectivity index (χ0v) is 14.6. The first kappa shape index (κ1) is 16.1. The highest BCUT2D eigenvalue weighted by Crippen LogP contribution is 2.41. The molecule has 1 aliphatic heterocycles. The minimum atomic E-state index is -0.226. The maximum atomic E-state index is 12.3. The fourth-order valence-electron chi connectivity index (χ4n) is 4.35. The lowest BCUT2D eigenvalue weighted by Gasteiger charge is -2.32. The summed E-state index contributed by atoms with van der Waals surface area (Å²) >= 11 is 0. The molecule has 2 fully saturated rings. The van der Waals surface area contributed by atoms with E-state index >= 15 is 0 Å². The van der Waals surface area contributed by atoms with Gasteiger partial charge in [-0.15, -0.1) is 10.2 Å². The van der Waals surface area contributed by atoms with Gasteiger partial charge in [0.2, 0.25) is 0 Å². The van der Waals surface area contributed by atoms with Gasteiger partial charge in [-0.2, -0.15) is 0 Å². The third kappa shape index (κ3) is 3.23. The zero-order valence-electron chi connectivity index (χ0n) is 14.6.